The summed E-state index contributed by atoms with van der Waals surface area (Å²) >= 11 is 1.57. The monoisotopic (exact) mass is 420 g/mol. The molecule has 1 atom stereocenters. The van der Waals surface area contributed by atoms with Gasteiger partial charge >= 0.3 is 0 Å². The van der Waals surface area contributed by atoms with Crippen molar-refractivity contribution in [3.8, 4) is 6.07 Å². The molecule has 1 aromatic carbocycles. The molecule has 2 aromatic rings. The molecule has 0 fully saturated rings. The number of rotatable bonds is 4. The summed E-state index contributed by atoms with van der Waals surface area (Å²) in [5, 5.41) is 21.6. The molecule has 0 saturated heterocycles. The highest BCUT2D eigenvalue weighted by atomic mass is 32.1. The number of ketones is 1. The third kappa shape index (κ3) is 3.08. The van der Waals surface area contributed by atoms with Crippen molar-refractivity contribution >= 4 is 28.5 Å². The lowest BCUT2D eigenvalue weighted by molar-refractivity contribution is -0.384. The lowest BCUT2D eigenvalue weighted by atomic mass is 9.78. The predicted molar refractivity (Wildman–Crippen MR) is 115 cm³/mol. The van der Waals surface area contributed by atoms with Gasteiger partial charge in [0.2, 0.25) is 0 Å². The normalized spacial score (nSPS) is 19.0. The van der Waals surface area contributed by atoms with E-state index in [4.69, 9.17) is 5.73 Å². The van der Waals surface area contributed by atoms with Gasteiger partial charge in [-0.15, -0.1) is 11.3 Å². The van der Waals surface area contributed by atoms with Crippen molar-refractivity contribution in [2.75, 3.05) is 4.90 Å². The summed E-state index contributed by atoms with van der Waals surface area (Å²) in [6.07, 6.45) is 2.46. The standard InChI is InChI=1S/C22H20N4O3S/c1-2-13-10-11-19(30-13)20-14(12-23)22(24)25(17-8-5-9-18(27)21(17)20)15-6-3-4-7-16(15)26(28)29/h3-4,6-7,10-11,20H,2,5,8-9,24H2,1H3/t20-/m1/s1. The predicted octanol–water partition coefficient (Wildman–Crippen LogP) is 4.52. The number of nitriles is 1. The Balaban J connectivity index is 1.99. The first kappa shape index (κ1) is 19.9. The summed E-state index contributed by atoms with van der Waals surface area (Å²) in [5.41, 5.74) is 8.08. The highest BCUT2D eigenvalue weighted by Crippen LogP contribution is 2.48. The van der Waals surface area contributed by atoms with Crippen LogP contribution in [0.1, 0.15) is 41.9 Å². The van der Waals surface area contributed by atoms with E-state index in [-0.39, 0.29) is 28.6 Å². The zero-order chi connectivity index (χ0) is 21.4. The van der Waals surface area contributed by atoms with Crippen LogP contribution < -0.4 is 10.6 Å². The summed E-state index contributed by atoms with van der Waals surface area (Å²) in [5.74, 6) is -0.407. The number of hydrogen-bond donors (Lipinski definition) is 1. The van der Waals surface area contributed by atoms with Gasteiger partial charge in [0.1, 0.15) is 11.5 Å². The van der Waals surface area contributed by atoms with Gasteiger partial charge in [-0.2, -0.15) is 5.26 Å². The van der Waals surface area contributed by atoms with Crippen LogP contribution in [0.15, 0.2) is 59.1 Å². The van der Waals surface area contributed by atoms with E-state index in [2.05, 4.69) is 13.0 Å². The molecule has 7 nitrogen and oxygen atoms in total. The summed E-state index contributed by atoms with van der Waals surface area (Å²) in [6, 6.07) is 12.4. The lowest BCUT2D eigenvalue weighted by Gasteiger charge is -2.38. The van der Waals surface area contributed by atoms with E-state index < -0.39 is 10.8 Å². The van der Waals surface area contributed by atoms with Crippen LogP contribution in [-0.2, 0) is 11.2 Å². The van der Waals surface area contributed by atoms with Gasteiger partial charge in [-0.3, -0.25) is 19.8 Å². The van der Waals surface area contributed by atoms with E-state index >= 15 is 0 Å². The largest absolute Gasteiger partial charge is 0.384 e. The van der Waals surface area contributed by atoms with Gasteiger partial charge in [0.15, 0.2) is 5.78 Å². The summed E-state index contributed by atoms with van der Waals surface area (Å²) < 4.78 is 0. The number of nitro benzene ring substituents is 1. The molecule has 8 heteroatoms. The van der Waals surface area contributed by atoms with Crippen molar-refractivity contribution in [1.29, 1.82) is 5.26 Å². The second-order valence-electron chi connectivity index (χ2n) is 7.22. The number of carbonyl (C=O) groups excluding carboxylic acids is 1. The zero-order valence-electron chi connectivity index (χ0n) is 16.4. The number of hydrogen-bond acceptors (Lipinski definition) is 7. The van der Waals surface area contributed by atoms with E-state index in [1.165, 1.54) is 6.07 Å². The molecule has 4 rings (SSSR count). The number of thiophene rings is 1. The highest BCUT2D eigenvalue weighted by molar-refractivity contribution is 7.12. The Bertz CT molecular complexity index is 1160. The molecule has 2 aliphatic rings. The fraction of sp³-hybridized carbons (Fsp3) is 0.273. The number of aryl methyl sites for hydroxylation is 1. The van der Waals surface area contributed by atoms with Crippen LogP contribution in [0.3, 0.4) is 0 Å². The molecule has 2 heterocycles. The summed E-state index contributed by atoms with van der Waals surface area (Å²) in [4.78, 5) is 27.8. The van der Waals surface area contributed by atoms with Crippen LogP contribution in [0, 0.1) is 21.4 Å². The van der Waals surface area contributed by atoms with Gasteiger partial charge in [-0.25, -0.2) is 0 Å². The van der Waals surface area contributed by atoms with Gasteiger partial charge in [-0.1, -0.05) is 19.1 Å². The van der Waals surface area contributed by atoms with Gasteiger partial charge in [0.05, 0.1) is 22.5 Å². The number of nitro groups is 1. The van der Waals surface area contributed by atoms with Crippen LogP contribution in [-0.4, -0.2) is 10.7 Å². The number of Topliss-reactive ketones (excluding diaryl/α,β-unsaturated/α-hetero) is 1. The fourth-order valence-electron chi connectivity index (χ4n) is 4.19. The molecule has 1 aromatic heterocycles. The second kappa shape index (κ2) is 7.76. The minimum absolute atomic E-state index is 0.0310. The second-order valence-corrected chi connectivity index (χ2v) is 8.42. The Kier molecular flexibility index (Phi) is 5.14. The maximum Gasteiger partial charge on any atom is 0.293 e. The van der Waals surface area contributed by atoms with Crippen LogP contribution in [0.5, 0.6) is 0 Å². The van der Waals surface area contributed by atoms with Crippen molar-refractivity contribution in [1.82, 2.24) is 0 Å². The first-order chi connectivity index (χ1) is 14.5. The van der Waals surface area contributed by atoms with Gasteiger partial charge < -0.3 is 5.73 Å². The number of benzene rings is 1. The van der Waals surface area contributed by atoms with Gasteiger partial charge in [0, 0.05) is 33.5 Å². The first-order valence-corrected chi connectivity index (χ1v) is 10.6. The summed E-state index contributed by atoms with van der Waals surface area (Å²) in [6.45, 7) is 2.05. The smallest absolute Gasteiger partial charge is 0.293 e. The SMILES string of the molecule is CCc1ccc([C@H]2C(C#N)=C(N)N(c3ccccc3[N+](=O)[O-])C3=C2C(=O)CCC3)s1. The number of para-hydroxylation sites is 2. The van der Waals surface area contributed by atoms with Crippen molar-refractivity contribution in [3.63, 3.8) is 0 Å². The third-order valence-electron chi connectivity index (χ3n) is 5.55. The molecule has 0 saturated carbocycles. The topological polar surface area (TPSA) is 113 Å². The molecule has 152 valence electrons. The fourth-order valence-corrected chi connectivity index (χ4v) is 5.27. The molecule has 0 bridgehead atoms. The van der Waals surface area contributed by atoms with E-state index in [0.717, 1.165) is 16.2 Å². The molecule has 0 unspecified atom stereocenters. The number of nitrogens with two attached hydrogens (primary N) is 1. The molecular weight excluding hydrogens is 400 g/mol. The van der Waals surface area contributed by atoms with Crippen LogP contribution in [0.25, 0.3) is 0 Å². The van der Waals surface area contributed by atoms with Crippen LogP contribution >= 0.6 is 11.3 Å². The number of carbonyl (C=O) groups is 1. The molecule has 0 spiro atoms. The Labute approximate surface area is 177 Å². The van der Waals surface area contributed by atoms with Crippen LogP contribution in [0.2, 0.25) is 0 Å². The average molecular weight is 420 g/mol. The molecule has 2 N–H and O–H groups in total. The third-order valence-corrected chi connectivity index (χ3v) is 6.84. The van der Waals surface area contributed by atoms with E-state index in [0.29, 0.717) is 30.5 Å². The van der Waals surface area contributed by atoms with Gasteiger partial charge in [0.25, 0.3) is 5.69 Å². The van der Waals surface area contributed by atoms with Gasteiger partial charge in [-0.05, 0) is 37.5 Å². The number of nitrogens with zero attached hydrogens (tertiary/aromatic N) is 3. The highest BCUT2D eigenvalue weighted by Gasteiger charge is 2.42. The van der Waals surface area contributed by atoms with Crippen molar-refractivity contribution in [2.45, 2.75) is 38.5 Å². The number of allylic oxidation sites excluding steroid dienone is 3. The van der Waals surface area contributed by atoms with Crippen molar-refractivity contribution in [3.05, 3.63) is 78.9 Å². The minimum Gasteiger partial charge on any atom is -0.384 e. The summed E-state index contributed by atoms with van der Waals surface area (Å²) in [7, 11) is 0. The van der Waals surface area contributed by atoms with E-state index in [9.17, 15) is 20.2 Å². The van der Waals surface area contributed by atoms with Crippen LogP contribution in [0.4, 0.5) is 11.4 Å². The zero-order valence-corrected chi connectivity index (χ0v) is 17.2. The number of anilines is 1. The minimum atomic E-state index is -0.526. The molecule has 1 aliphatic carbocycles. The Hall–Kier alpha value is -3.44. The maximum atomic E-state index is 13.1. The molecule has 30 heavy (non-hydrogen) atoms. The molecule has 1 aliphatic heterocycles. The molecular formula is C22H20N4O3S. The Morgan fingerprint density at radius 2 is 2.07 bits per heavy atom. The lowest BCUT2D eigenvalue weighted by Crippen LogP contribution is -2.38. The van der Waals surface area contributed by atoms with E-state index in [1.807, 2.05) is 12.1 Å². The maximum absolute atomic E-state index is 13.1. The van der Waals surface area contributed by atoms with Crippen molar-refractivity contribution < 1.29 is 9.72 Å². The average Bonchev–Trinajstić information content (AvgIpc) is 3.22. The molecule has 0 amide bonds. The Morgan fingerprint density at radius 1 is 1.30 bits per heavy atom. The van der Waals surface area contributed by atoms with Crippen molar-refractivity contribution in [2.24, 2.45) is 5.73 Å². The quantitative estimate of drug-likeness (QED) is 0.574. The molecule has 0 radical (unpaired) electrons. The first-order valence-electron chi connectivity index (χ1n) is 9.76. The Morgan fingerprint density at radius 3 is 2.73 bits per heavy atom. The van der Waals surface area contributed by atoms with E-state index in [1.54, 1.807) is 34.4 Å².